The first-order valence-electron chi connectivity index (χ1n) is 11.2. The fourth-order valence-corrected chi connectivity index (χ4v) is 3.96. The molecule has 2 aromatic rings. The van der Waals surface area contributed by atoms with Gasteiger partial charge in [-0.3, -0.25) is 24.5 Å². The lowest BCUT2D eigenvalue weighted by Crippen LogP contribution is -2.48. The molecule has 4 rings (SSSR count). The van der Waals surface area contributed by atoms with Crippen molar-refractivity contribution in [2.75, 3.05) is 41.7 Å². The Morgan fingerprint density at radius 1 is 1.00 bits per heavy atom. The average Bonchev–Trinajstić information content (AvgIpc) is 3.66. The summed E-state index contributed by atoms with van der Waals surface area (Å²) in [5, 5.41) is 17.4. The molecule has 1 aliphatic carbocycles. The van der Waals surface area contributed by atoms with Gasteiger partial charge in [-0.2, -0.15) is 0 Å². The molecule has 0 bridgehead atoms. The summed E-state index contributed by atoms with van der Waals surface area (Å²) in [4.78, 5) is 51.3. The lowest BCUT2D eigenvalue weighted by Gasteiger charge is -2.35. The monoisotopic (exact) mass is 465 g/mol. The number of anilines is 3. The number of nitrogens with zero attached hydrogens (tertiary/aromatic N) is 3. The molecular formula is C24H27N5O5. The van der Waals surface area contributed by atoms with E-state index >= 15 is 0 Å². The number of nitro benzene ring substituents is 1. The maximum absolute atomic E-state index is 12.9. The van der Waals surface area contributed by atoms with Crippen LogP contribution in [0, 0.1) is 23.0 Å². The van der Waals surface area contributed by atoms with Crippen LogP contribution in [0.4, 0.5) is 22.7 Å². The Morgan fingerprint density at radius 2 is 1.71 bits per heavy atom. The SMILES string of the molecule is CC(=O)N1CCN(c2ccc(C(=O)Nc3cc(NC(=O)C4CC4)ccc3C)cc2[N+](=O)[O-])CC1. The van der Waals surface area contributed by atoms with Crippen molar-refractivity contribution in [2.24, 2.45) is 5.92 Å². The van der Waals surface area contributed by atoms with Gasteiger partial charge >= 0.3 is 0 Å². The standard InChI is InChI=1S/C24H27N5O5/c1-15-3-7-19(25-23(31)17-4-5-17)14-20(15)26-24(32)18-6-8-21(22(13-18)29(33)34)28-11-9-27(10-12-28)16(2)30/h3,6-8,13-14,17H,4-5,9-12H2,1-2H3,(H,25,31)(H,26,32). The van der Waals surface area contributed by atoms with Crippen molar-refractivity contribution in [1.29, 1.82) is 0 Å². The van der Waals surface area contributed by atoms with Gasteiger partial charge in [0.05, 0.1) is 4.92 Å². The van der Waals surface area contributed by atoms with E-state index in [1.165, 1.54) is 13.0 Å². The number of hydrogen-bond donors (Lipinski definition) is 2. The maximum atomic E-state index is 12.9. The van der Waals surface area contributed by atoms with E-state index in [0.29, 0.717) is 43.2 Å². The molecule has 2 aliphatic rings. The van der Waals surface area contributed by atoms with Gasteiger partial charge in [-0.05, 0) is 49.6 Å². The van der Waals surface area contributed by atoms with Crippen LogP contribution >= 0.6 is 0 Å². The molecular weight excluding hydrogens is 438 g/mol. The number of rotatable bonds is 6. The van der Waals surface area contributed by atoms with Gasteiger partial charge in [-0.1, -0.05) is 6.07 Å². The third-order valence-corrected chi connectivity index (χ3v) is 6.20. The Morgan fingerprint density at radius 3 is 2.32 bits per heavy atom. The van der Waals surface area contributed by atoms with Crippen molar-refractivity contribution < 1.29 is 19.3 Å². The van der Waals surface area contributed by atoms with E-state index in [2.05, 4.69) is 10.6 Å². The number of nitrogens with one attached hydrogen (secondary N) is 2. The molecule has 1 saturated carbocycles. The van der Waals surface area contributed by atoms with Crippen molar-refractivity contribution in [3.8, 4) is 0 Å². The predicted molar refractivity (Wildman–Crippen MR) is 128 cm³/mol. The molecule has 0 atom stereocenters. The Labute approximate surface area is 197 Å². The first-order chi connectivity index (χ1) is 16.2. The minimum absolute atomic E-state index is 0.0207. The molecule has 2 fully saturated rings. The Bertz CT molecular complexity index is 1150. The number of carbonyl (C=O) groups excluding carboxylic acids is 3. The molecule has 0 aromatic heterocycles. The highest BCUT2D eigenvalue weighted by Gasteiger charge is 2.30. The summed E-state index contributed by atoms with van der Waals surface area (Å²) in [7, 11) is 0. The fourth-order valence-electron chi connectivity index (χ4n) is 3.96. The number of piperazine rings is 1. The number of benzene rings is 2. The highest BCUT2D eigenvalue weighted by atomic mass is 16.6. The maximum Gasteiger partial charge on any atom is 0.293 e. The van der Waals surface area contributed by atoms with Crippen LogP contribution in [-0.4, -0.2) is 53.7 Å². The fraction of sp³-hybridized carbons (Fsp3) is 0.375. The van der Waals surface area contributed by atoms with Crippen molar-refractivity contribution in [1.82, 2.24) is 4.90 Å². The molecule has 2 aromatic carbocycles. The zero-order valence-electron chi connectivity index (χ0n) is 19.2. The first kappa shape index (κ1) is 23.2. The first-order valence-corrected chi connectivity index (χ1v) is 11.2. The largest absolute Gasteiger partial charge is 0.362 e. The van der Waals surface area contributed by atoms with E-state index in [1.807, 2.05) is 11.8 Å². The Balaban J connectivity index is 1.50. The summed E-state index contributed by atoms with van der Waals surface area (Å²) in [5.41, 5.74) is 2.32. The van der Waals surface area contributed by atoms with Crippen molar-refractivity contribution >= 4 is 40.5 Å². The lowest BCUT2D eigenvalue weighted by atomic mass is 10.1. The number of hydrogen-bond acceptors (Lipinski definition) is 6. The van der Waals surface area contributed by atoms with E-state index in [0.717, 1.165) is 18.4 Å². The van der Waals surface area contributed by atoms with E-state index in [1.54, 1.807) is 35.2 Å². The number of nitro groups is 1. The van der Waals surface area contributed by atoms with Gasteiger partial charge < -0.3 is 20.4 Å². The van der Waals surface area contributed by atoms with Gasteiger partial charge in [0.2, 0.25) is 11.8 Å². The van der Waals surface area contributed by atoms with Gasteiger partial charge in [-0.15, -0.1) is 0 Å². The topological polar surface area (TPSA) is 125 Å². The summed E-state index contributed by atoms with van der Waals surface area (Å²) >= 11 is 0. The van der Waals surface area contributed by atoms with Crippen LogP contribution < -0.4 is 15.5 Å². The van der Waals surface area contributed by atoms with Crippen molar-refractivity contribution in [3.05, 3.63) is 57.6 Å². The average molecular weight is 466 g/mol. The second-order valence-corrected chi connectivity index (χ2v) is 8.70. The quantitative estimate of drug-likeness (QED) is 0.499. The van der Waals surface area contributed by atoms with Gasteiger partial charge in [-0.25, -0.2) is 0 Å². The highest BCUT2D eigenvalue weighted by molar-refractivity contribution is 6.06. The minimum atomic E-state index is -0.497. The smallest absolute Gasteiger partial charge is 0.293 e. The molecule has 10 nitrogen and oxygen atoms in total. The Kier molecular flexibility index (Phi) is 6.49. The molecule has 178 valence electrons. The van der Waals surface area contributed by atoms with E-state index < -0.39 is 10.8 Å². The van der Waals surface area contributed by atoms with Gasteiger partial charge in [0.15, 0.2) is 0 Å². The van der Waals surface area contributed by atoms with Crippen LogP contribution in [0.25, 0.3) is 0 Å². The molecule has 10 heteroatoms. The number of aryl methyl sites for hydroxylation is 1. The van der Waals surface area contributed by atoms with E-state index in [4.69, 9.17) is 0 Å². The number of carbonyl (C=O) groups is 3. The highest BCUT2D eigenvalue weighted by Crippen LogP contribution is 2.32. The van der Waals surface area contributed by atoms with Gasteiger partial charge in [0, 0.05) is 62.0 Å². The van der Waals surface area contributed by atoms with Crippen molar-refractivity contribution in [2.45, 2.75) is 26.7 Å². The van der Waals surface area contributed by atoms with Crippen LogP contribution in [0.2, 0.25) is 0 Å². The molecule has 2 N–H and O–H groups in total. The van der Waals surface area contributed by atoms with Gasteiger partial charge in [0.1, 0.15) is 5.69 Å². The van der Waals surface area contributed by atoms with Crippen LogP contribution in [0.15, 0.2) is 36.4 Å². The summed E-state index contributed by atoms with van der Waals surface area (Å²) in [6.07, 6.45) is 1.78. The lowest BCUT2D eigenvalue weighted by molar-refractivity contribution is -0.384. The normalized spacial score (nSPS) is 15.6. The molecule has 0 spiro atoms. The molecule has 0 unspecified atom stereocenters. The summed E-state index contributed by atoms with van der Waals surface area (Å²) in [6, 6.07) is 9.67. The third kappa shape index (κ3) is 5.16. The molecule has 0 radical (unpaired) electrons. The number of amides is 3. The second-order valence-electron chi connectivity index (χ2n) is 8.70. The molecule has 3 amide bonds. The molecule has 1 saturated heterocycles. The van der Waals surface area contributed by atoms with Gasteiger partial charge in [0.25, 0.3) is 11.6 Å². The zero-order chi connectivity index (χ0) is 24.4. The summed E-state index contributed by atoms with van der Waals surface area (Å²) in [5.74, 6) is -0.474. The van der Waals surface area contributed by atoms with E-state index in [-0.39, 0.29) is 29.0 Å². The van der Waals surface area contributed by atoms with Crippen LogP contribution in [0.3, 0.4) is 0 Å². The predicted octanol–water partition coefficient (Wildman–Crippen LogP) is 3.17. The molecule has 1 heterocycles. The second kappa shape index (κ2) is 9.50. The van der Waals surface area contributed by atoms with Crippen molar-refractivity contribution in [3.63, 3.8) is 0 Å². The summed E-state index contributed by atoms with van der Waals surface area (Å²) < 4.78 is 0. The van der Waals surface area contributed by atoms with Crippen LogP contribution in [0.1, 0.15) is 35.7 Å². The van der Waals surface area contributed by atoms with Crippen LogP contribution in [-0.2, 0) is 9.59 Å². The van der Waals surface area contributed by atoms with E-state index in [9.17, 15) is 24.5 Å². The third-order valence-electron chi connectivity index (χ3n) is 6.20. The minimum Gasteiger partial charge on any atom is -0.362 e. The Hall–Kier alpha value is -3.95. The molecule has 34 heavy (non-hydrogen) atoms. The van der Waals surface area contributed by atoms with Crippen LogP contribution in [0.5, 0.6) is 0 Å². The summed E-state index contributed by atoms with van der Waals surface area (Å²) in [6.45, 7) is 5.26. The molecule has 1 aliphatic heterocycles. The zero-order valence-corrected chi connectivity index (χ0v) is 19.2.